The van der Waals surface area contributed by atoms with Crippen LogP contribution in [0.5, 0.6) is 5.88 Å². The molecule has 0 radical (unpaired) electrons. The number of carboxylic acids is 1. The van der Waals surface area contributed by atoms with Crippen LogP contribution in [0.15, 0.2) is 64.4 Å². The van der Waals surface area contributed by atoms with Crippen LogP contribution in [0.2, 0.25) is 0 Å². The molecule has 0 unspecified atom stereocenters. The predicted octanol–water partition coefficient (Wildman–Crippen LogP) is 4.31. The molecule has 5 aromatic rings. The minimum absolute atomic E-state index is 0.00568. The van der Waals surface area contributed by atoms with Crippen molar-refractivity contribution in [3.8, 4) is 11.6 Å². The van der Waals surface area contributed by atoms with E-state index in [1.807, 2.05) is 13.8 Å². The molecule has 17 heteroatoms. The second-order valence-electron chi connectivity index (χ2n) is 11.9. The van der Waals surface area contributed by atoms with E-state index in [2.05, 4.69) is 15.3 Å². The van der Waals surface area contributed by atoms with E-state index in [0.29, 0.717) is 10.9 Å². The highest BCUT2D eigenvalue weighted by atomic mass is 19.4. The van der Waals surface area contributed by atoms with Crippen molar-refractivity contribution in [1.82, 2.24) is 24.4 Å². The van der Waals surface area contributed by atoms with Crippen LogP contribution >= 0.6 is 0 Å². The van der Waals surface area contributed by atoms with E-state index >= 15 is 4.39 Å². The van der Waals surface area contributed by atoms with Gasteiger partial charge < -0.3 is 24.8 Å². The lowest BCUT2D eigenvalue weighted by atomic mass is 9.99. The molecule has 1 aliphatic heterocycles. The summed E-state index contributed by atoms with van der Waals surface area (Å²) in [5.74, 6) is -3.52. The fourth-order valence-corrected chi connectivity index (χ4v) is 6.24. The number of fused-ring (bicyclic) bond motifs is 2. The van der Waals surface area contributed by atoms with Gasteiger partial charge in [0.1, 0.15) is 17.9 Å². The molecule has 280 valence electrons. The van der Waals surface area contributed by atoms with Crippen molar-refractivity contribution in [3.05, 3.63) is 98.2 Å². The zero-order valence-corrected chi connectivity index (χ0v) is 29.3. The van der Waals surface area contributed by atoms with Crippen LogP contribution in [0.25, 0.3) is 27.5 Å². The number of amides is 1. The van der Waals surface area contributed by atoms with Crippen LogP contribution in [0, 0.1) is 12.7 Å². The number of morpholine rings is 1. The fourth-order valence-electron chi connectivity index (χ4n) is 6.24. The average molecular weight is 741 g/mol. The zero-order chi connectivity index (χ0) is 38.8. The van der Waals surface area contributed by atoms with Gasteiger partial charge >= 0.3 is 17.8 Å². The molecule has 1 aliphatic rings. The van der Waals surface area contributed by atoms with E-state index < -0.39 is 59.4 Å². The first kappa shape index (κ1) is 38.4. The highest BCUT2D eigenvalue weighted by molar-refractivity contribution is 5.99. The molecule has 2 atom stereocenters. The number of pyridine rings is 2. The van der Waals surface area contributed by atoms with E-state index in [0.717, 1.165) is 15.5 Å². The van der Waals surface area contributed by atoms with Gasteiger partial charge in [0.2, 0.25) is 5.88 Å². The van der Waals surface area contributed by atoms with Crippen molar-refractivity contribution in [2.24, 2.45) is 7.05 Å². The number of methoxy groups -OCH3 is 1. The quantitative estimate of drug-likeness (QED) is 0.220. The maximum absolute atomic E-state index is 15.4. The Morgan fingerprint density at radius 1 is 1.11 bits per heavy atom. The molecule has 1 fully saturated rings. The van der Waals surface area contributed by atoms with Crippen molar-refractivity contribution in [1.29, 1.82) is 0 Å². The second-order valence-corrected chi connectivity index (χ2v) is 11.9. The van der Waals surface area contributed by atoms with Gasteiger partial charge in [-0.1, -0.05) is 26.0 Å². The van der Waals surface area contributed by atoms with Gasteiger partial charge in [-0.3, -0.25) is 19.1 Å². The summed E-state index contributed by atoms with van der Waals surface area (Å²) in [5.41, 5.74) is -1.07. The van der Waals surface area contributed by atoms with E-state index in [9.17, 15) is 37.5 Å². The Labute approximate surface area is 299 Å². The largest absolute Gasteiger partial charge is 0.481 e. The van der Waals surface area contributed by atoms with E-state index in [-0.39, 0.29) is 58.8 Å². The number of halogens is 4. The predicted molar refractivity (Wildman–Crippen MR) is 188 cm³/mol. The Morgan fingerprint density at radius 3 is 2.51 bits per heavy atom. The molecule has 0 bridgehead atoms. The van der Waals surface area contributed by atoms with Crippen LogP contribution in [-0.4, -0.2) is 81.2 Å². The molecule has 1 saturated heterocycles. The van der Waals surface area contributed by atoms with Gasteiger partial charge in [0, 0.05) is 43.4 Å². The molecule has 0 spiro atoms. The number of carbonyl (C=O) groups is 2. The van der Waals surface area contributed by atoms with Crippen LogP contribution in [0.4, 0.5) is 23.2 Å². The molecule has 0 aliphatic carbocycles. The number of alkyl halides is 3. The molecule has 4 heterocycles. The molecule has 2 N–H and O–H groups in total. The van der Waals surface area contributed by atoms with Gasteiger partial charge in [-0.15, -0.1) is 0 Å². The van der Waals surface area contributed by atoms with Gasteiger partial charge in [-0.25, -0.2) is 23.5 Å². The Hall–Kier alpha value is -5.84. The third-order valence-electron chi connectivity index (χ3n) is 8.78. The molecule has 1 amide bonds. The number of ether oxygens (including phenoxy) is 2. The Morgan fingerprint density at radius 2 is 1.85 bits per heavy atom. The summed E-state index contributed by atoms with van der Waals surface area (Å²) in [5, 5.41) is 12.9. The van der Waals surface area contributed by atoms with E-state index in [4.69, 9.17) is 9.47 Å². The summed E-state index contributed by atoms with van der Waals surface area (Å²) in [6.07, 6.45) is -2.20. The summed E-state index contributed by atoms with van der Waals surface area (Å²) in [6, 6.07) is 5.93. The van der Waals surface area contributed by atoms with Crippen molar-refractivity contribution in [3.63, 3.8) is 0 Å². The second kappa shape index (κ2) is 15.4. The summed E-state index contributed by atoms with van der Waals surface area (Å²) >= 11 is 0. The number of aliphatic carboxylic acids is 1. The maximum atomic E-state index is 15.4. The first-order valence-corrected chi connectivity index (χ1v) is 16.5. The summed E-state index contributed by atoms with van der Waals surface area (Å²) in [6.45, 7) is 4.53. The minimum atomic E-state index is -4.65. The smallest absolute Gasteiger partial charge is 0.411 e. The van der Waals surface area contributed by atoms with Gasteiger partial charge in [0.05, 0.1) is 54.2 Å². The van der Waals surface area contributed by atoms with Crippen molar-refractivity contribution in [2.75, 3.05) is 31.8 Å². The Bertz CT molecular complexity index is 2300. The fraction of sp³-hybridized carbons (Fsp3) is 0.333. The van der Waals surface area contributed by atoms with E-state index in [1.165, 1.54) is 62.3 Å². The Kier molecular flexibility index (Phi) is 11.2. The third kappa shape index (κ3) is 7.42. The van der Waals surface area contributed by atoms with Crippen molar-refractivity contribution < 1.29 is 41.7 Å². The number of hydrogen-bond acceptors (Lipinski definition) is 9. The maximum Gasteiger partial charge on any atom is 0.411 e. The monoisotopic (exact) mass is 740 g/mol. The first-order valence-electron chi connectivity index (χ1n) is 16.5. The van der Waals surface area contributed by atoms with Gasteiger partial charge in [0.25, 0.3) is 11.5 Å². The van der Waals surface area contributed by atoms with Crippen LogP contribution in [-0.2, 0) is 23.0 Å². The van der Waals surface area contributed by atoms with Gasteiger partial charge in [-0.2, -0.15) is 13.2 Å². The van der Waals surface area contributed by atoms with Crippen molar-refractivity contribution in [2.45, 2.75) is 45.5 Å². The summed E-state index contributed by atoms with van der Waals surface area (Å²) in [7, 11) is 2.85. The highest BCUT2D eigenvalue weighted by Gasteiger charge is 2.45. The van der Waals surface area contributed by atoms with Gasteiger partial charge in [-0.05, 0) is 42.3 Å². The minimum Gasteiger partial charge on any atom is -0.481 e. The van der Waals surface area contributed by atoms with Crippen LogP contribution < -0.4 is 26.2 Å². The lowest BCUT2D eigenvalue weighted by Crippen LogP contribution is -2.53. The SMILES string of the molecule is CC.COc1cc2c(=O)n(-c3ccc(C[C@H](NC(=O)c4c(C)cc(N5CCOC[C@@H]5C(F)(F)F)cc4F)C(=O)O)c4cccnc34)c(=O)n(C)c2cn1. The Balaban J connectivity index is 0.00000266. The lowest BCUT2D eigenvalue weighted by Gasteiger charge is -2.38. The lowest BCUT2D eigenvalue weighted by molar-refractivity contribution is -0.167. The van der Waals surface area contributed by atoms with Crippen LogP contribution in [0.1, 0.15) is 35.3 Å². The normalized spacial score (nSPS) is 15.1. The highest BCUT2D eigenvalue weighted by Crippen LogP contribution is 2.33. The topological polar surface area (TPSA) is 158 Å². The molecule has 3 aromatic heterocycles. The molecule has 0 saturated carbocycles. The van der Waals surface area contributed by atoms with Crippen LogP contribution in [0.3, 0.4) is 0 Å². The summed E-state index contributed by atoms with van der Waals surface area (Å²) < 4.78 is 68.7. The number of aromatic nitrogens is 4. The molecular weight excluding hydrogens is 704 g/mol. The number of aryl methyl sites for hydroxylation is 2. The molecule has 13 nitrogen and oxygen atoms in total. The number of anilines is 1. The molecule has 6 rings (SSSR count). The number of benzene rings is 2. The number of nitrogens with zero attached hydrogens (tertiary/aromatic N) is 5. The number of carbonyl (C=O) groups excluding carboxylic acids is 1. The molecule has 2 aromatic carbocycles. The number of hydrogen-bond donors (Lipinski definition) is 2. The number of nitrogens with one attached hydrogen (secondary N) is 1. The van der Waals surface area contributed by atoms with Gasteiger partial charge in [0.15, 0.2) is 0 Å². The van der Waals surface area contributed by atoms with Crippen molar-refractivity contribution >= 4 is 39.4 Å². The average Bonchev–Trinajstić information content (AvgIpc) is 3.14. The first-order chi connectivity index (χ1) is 25.2. The number of carboxylic acid groups (broad SMARTS) is 1. The standard InChI is InChI=1S/C34H30F4N6O7.C2H6/c1-17-11-19(43-9-10-51-16-26(43)34(36,37)38)13-22(35)28(17)30(45)41-23(32(47)48)12-18-6-7-24(29-20(18)5-4-8-39-29)44-31(46)21-14-27(50-3)40-15-25(21)42(2)33(44)49;1-2/h4-8,11,13-15,23,26H,9-10,12,16H2,1-3H3,(H,41,45)(H,47,48);1-2H3/t23-,26+;/m0./s1. The zero-order valence-electron chi connectivity index (χ0n) is 29.3. The van der Waals surface area contributed by atoms with E-state index in [1.54, 1.807) is 12.1 Å². The molecule has 53 heavy (non-hydrogen) atoms. The number of rotatable bonds is 8. The summed E-state index contributed by atoms with van der Waals surface area (Å²) in [4.78, 5) is 62.3. The molecular formula is C36H36F4N6O7. The third-order valence-corrected chi connectivity index (χ3v) is 8.78.